The summed E-state index contributed by atoms with van der Waals surface area (Å²) in [4.78, 5) is 6.09. The first kappa shape index (κ1) is 18.5. The van der Waals surface area contributed by atoms with Crippen molar-refractivity contribution in [3.63, 3.8) is 0 Å². The lowest BCUT2D eigenvalue weighted by atomic mass is 10.2. The van der Waals surface area contributed by atoms with Crippen molar-refractivity contribution in [2.45, 2.75) is 4.90 Å². The Hall–Kier alpha value is -2.91. The van der Waals surface area contributed by atoms with Gasteiger partial charge in [0.1, 0.15) is 5.82 Å². The van der Waals surface area contributed by atoms with Gasteiger partial charge in [-0.3, -0.25) is 4.98 Å². The maximum atomic E-state index is 13.1. The molecule has 0 amide bonds. The lowest BCUT2D eigenvalue weighted by Gasteiger charge is -2.34. The summed E-state index contributed by atoms with van der Waals surface area (Å²) in [5.41, 5.74) is 1.69. The van der Waals surface area contributed by atoms with Gasteiger partial charge in [-0.15, -0.1) is 10.2 Å². The van der Waals surface area contributed by atoms with E-state index >= 15 is 0 Å². The van der Waals surface area contributed by atoms with Crippen LogP contribution in [0.2, 0.25) is 0 Å². The summed E-state index contributed by atoms with van der Waals surface area (Å²) in [6.45, 7) is 1.66. The van der Waals surface area contributed by atoms with E-state index < -0.39 is 15.8 Å². The molecule has 4 rings (SSSR count). The molecular weight excluding hydrogens is 381 g/mol. The molecule has 0 aliphatic carbocycles. The van der Waals surface area contributed by atoms with Crippen LogP contribution in [-0.2, 0) is 10.0 Å². The molecule has 0 N–H and O–H groups in total. The van der Waals surface area contributed by atoms with Crippen molar-refractivity contribution in [1.29, 1.82) is 0 Å². The Morgan fingerprint density at radius 1 is 0.821 bits per heavy atom. The minimum atomic E-state index is -3.63. The van der Waals surface area contributed by atoms with E-state index in [4.69, 9.17) is 0 Å². The molecule has 0 saturated carbocycles. The van der Waals surface area contributed by atoms with Gasteiger partial charge in [-0.1, -0.05) is 0 Å². The molecule has 9 heteroatoms. The van der Waals surface area contributed by atoms with E-state index in [0.29, 0.717) is 32.0 Å². The van der Waals surface area contributed by atoms with Gasteiger partial charge in [0.15, 0.2) is 5.82 Å². The fourth-order valence-electron chi connectivity index (χ4n) is 3.08. The van der Waals surface area contributed by atoms with E-state index in [0.717, 1.165) is 23.4 Å². The quantitative estimate of drug-likeness (QED) is 0.669. The number of rotatable bonds is 4. The number of benzene rings is 1. The second-order valence-electron chi connectivity index (χ2n) is 6.36. The lowest BCUT2D eigenvalue weighted by Crippen LogP contribution is -2.49. The molecule has 0 bridgehead atoms. The van der Waals surface area contributed by atoms with Gasteiger partial charge in [0.05, 0.1) is 10.6 Å². The summed E-state index contributed by atoms with van der Waals surface area (Å²) in [6.07, 6.45) is 3.40. The zero-order valence-electron chi connectivity index (χ0n) is 14.9. The number of hydrogen-bond acceptors (Lipinski definition) is 6. The summed E-state index contributed by atoms with van der Waals surface area (Å²) in [5, 5.41) is 8.54. The highest BCUT2D eigenvalue weighted by Crippen LogP contribution is 2.21. The summed E-state index contributed by atoms with van der Waals surface area (Å²) >= 11 is 0. The zero-order chi connectivity index (χ0) is 19.6. The summed E-state index contributed by atoms with van der Waals surface area (Å²) in [5.74, 6) is 0.245. The highest BCUT2D eigenvalue weighted by atomic mass is 32.2. The largest absolute Gasteiger partial charge is 0.352 e. The van der Waals surface area contributed by atoms with Crippen LogP contribution in [0, 0.1) is 5.82 Å². The number of halogens is 1. The predicted molar refractivity (Wildman–Crippen MR) is 103 cm³/mol. The SMILES string of the molecule is O=S(=O)(c1ccc(F)cc1)N1CCN(c2ccc(-c3ccncc3)nn2)CC1. The van der Waals surface area contributed by atoms with E-state index in [2.05, 4.69) is 15.2 Å². The molecule has 144 valence electrons. The van der Waals surface area contributed by atoms with E-state index in [9.17, 15) is 12.8 Å². The van der Waals surface area contributed by atoms with Crippen molar-refractivity contribution in [3.8, 4) is 11.3 Å². The molecule has 0 spiro atoms. The van der Waals surface area contributed by atoms with Gasteiger partial charge in [0.2, 0.25) is 10.0 Å². The first-order valence-electron chi connectivity index (χ1n) is 8.79. The van der Waals surface area contributed by atoms with E-state index in [-0.39, 0.29) is 4.90 Å². The van der Waals surface area contributed by atoms with Crippen LogP contribution < -0.4 is 4.90 Å². The van der Waals surface area contributed by atoms with Gasteiger partial charge in [-0.25, -0.2) is 12.8 Å². The van der Waals surface area contributed by atoms with Crippen molar-refractivity contribution >= 4 is 15.8 Å². The van der Waals surface area contributed by atoms with Crippen LogP contribution in [0.4, 0.5) is 10.2 Å². The van der Waals surface area contributed by atoms with E-state index in [1.165, 1.54) is 16.4 Å². The maximum Gasteiger partial charge on any atom is 0.243 e. The van der Waals surface area contributed by atoms with Crippen LogP contribution in [0.25, 0.3) is 11.3 Å². The van der Waals surface area contributed by atoms with Crippen LogP contribution >= 0.6 is 0 Å². The Bertz CT molecular complexity index is 1040. The van der Waals surface area contributed by atoms with Gasteiger partial charge in [-0.2, -0.15) is 4.31 Å². The molecule has 7 nitrogen and oxygen atoms in total. The maximum absolute atomic E-state index is 13.1. The molecule has 3 aromatic rings. The van der Waals surface area contributed by atoms with Crippen LogP contribution in [0.1, 0.15) is 0 Å². The molecule has 1 aliphatic heterocycles. The first-order chi connectivity index (χ1) is 13.5. The third-order valence-electron chi connectivity index (χ3n) is 4.64. The van der Waals surface area contributed by atoms with Crippen LogP contribution in [0.15, 0.2) is 65.8 Å². The number of sulfonamides is 1. The molecule has 1 fully saturated rings. The topological polar surface area (TPSA) is 79.3 Å². The van der Waals surface area contributed by atoms with E-state index in [1.807, 2.05) is 29.2 Å². The summed E-state index contributed by atoms with van der Waals surface area (Å²) < 4.78 is 39.9. The van der Waals surface area contributed by atoms with Crippen molar-refractivity contribution in [2.75, 3.05) is 31.1 Å². The summed E-state index contributed by atoms with van der Waals surface area (Å²) in [7, 11) is -3.63. The third-order valence-corrected chi connectivity index (χ3v) is 6.55. The Labute approximate surface area is 162 Å². The molecule has 28 heavy (non-hydrogen) atoms. The highest BCUT2D eigenvalue weighted by Gasteiger charge is 2.29. The standard InChI is InChI=1S/C19H18FN5O2S/c20-16-1-3-17(4-2-16)28(26,27)25-13-11-24(12-14-25)19-6-5-18(22-23-19)15-7-9-21-10-8-15/h1-10H,11-14H2. The number of hydrogen-bond donors (Lipinski definition) is 0. The Balaban J connectivity index is 1.43. The second kappa shape index (κ2) is 7.61. The first-order valence-corrected chi connectivity index (χ1v) is 10.2. The molecule has 2 aromatic heterocycles. The van der Waals surface area contributed by atoms with Gasteiger partial charge in [-0.05, 0) is 48.5 Å². The minimum absolute atomic E-state index is 0.101. The molecule has 1 aromatic carbocycles. The number of pyridine rings is 1. The zero-order valence-corrected chi connectivity index (χ0v) is 15.8. The Kier molecular flexibility index (Phi) is 5.01. The molecule has 1 aliphatic rings. The average Bonchev–Trinajstić information content (AvgIpc) is 2.75. The number of anilines is 1. The normalized spacial score (nSPS) is 15.5. The second-order valence-corrected chi connectivity index (χ2v) is 8.30. The molecule has 3 heterocycles. The molecule has 0 radical (unpaired) electrons. The van der Waals surface area contributed by atoms with Gasteiger partial charge >= 0.3 is 0 Å². The average molecular weight is 399 g/mol. The van der Waals surface area contributed by atoms with Crippen molar-refractivity contribution in [3.05, 3.63) is 66.7 Å². The van der Waals surface area contributed by atoms with Crippen molar-refractivity contribution in [2.24, 2.45) is 0 Å². The number of aromatic nitrogens is 3. The Morgan fingerprint density at radius 3 is 2.11 bits per heavy atom. The smallest absolute Gasteiger partial charge is 0.243 e. The predicted octanol–water partition coefficient (Wildman–Crippen LogP) is 2.19. The summed E-state index contributed by atoms with van der Waals surface area (Å²) in [6, 6.07) is 12.4. The number of nitrogens with zero attached hydrogens (tertiary/aromatic N) is 5. The van der Waals surface area contributed by atoms with Gasteiger partial charge < -0.3 is 4.90 Å². The molecule has 0 unspecified atom stereocenters. The fraction of sp³-hybridized carbons (Fsp3) is 0.211. The fourth-order valence-corrected chi connectivity index (χ4v) is 4.51. The minimum Gasteiger partial charge on any atom is -0.352 e. The molecular formula is C19H18FN5O2S. The van der Waals surface area contributed by atoms with Gasteiger partial charge in [0.25, 0.3) is 0 Å². The van der Waals surface area contributed by atoms with Crippen LogP contribution in [0.3, 0.4) is 0 Å². The van der Waals surface area contributed by atoms with Crippen LogP contribution in [0.5, 0.6) is 0 Å². The monoisotopic (exact) mass is 399 g/mol. The van der Waals surface area contributed by atoms with Gasteiger partial charge in [0, 0.05) is 44.1 Å². The highest BCUT2D eigenvalue weighted by molar-refractivity contribution is 7.89. The lowest BCUT2D eigenvalue weighted by molar-refractivity contribution is 0.383. The third kappa shape index (κ3) is 3.71. The van der Waals surface area contributed by atoms with E-state index in [1.54, 1.807) is 12.4 Å². The Morgan fingerprint density at radius 2 is 1.50 bits per heavy atom. The molecule has 1 saturated heterocycles. The number of piperazine rings is 1. The van der Waals surface area contributed by atoms with Crippen LogP contribution in [-0.4, -0.2) is 54.1 Å². The molecule has 0 atom stereocenters. The van der Waals surface area contributed by atoms with Crippen molar-refractivity contribution in [1.82, 2.24) is 19.5 Å². The van der Waals surface area contributed by atoms with Crippen molar-refractivity contribution < 1.29 is 12.8 Å².